The minimum absolute atomic E-state index is 0.371. The van der Waals surface area contributed by atoms with E-state index in [1.807, 2.05) is 30.3 Å². The Labute approximate surface area is 102 Å². The summed E-state index contributed by atoms with van der Waals surface area (Å²) in [6.07, 6.45) is 0. The van der Waals surface area contributed by atoms with E-state index in [9.17, 15) is 0 Å². The number of hydrogen-bond acceptors (Lipinski definition) is 2. The van der Waals surface area contributed by atoms with Gasteiger partial charge in [0, 0.05) is 0 Å². The summed E-state index contributed by atoms with van der Waals surface area (Å²) in [4.78, 5) is 0. The van der Waals surface area contributed by atoms with E-state index >= 15 is 0 Å². The minimum atomic E-state index is -0.371. The molecular formula is C14H13BO2. The third-order valence-electron chi connectivity index (χ3n) is 2.78. The molecule has 0 radical (unpaired) electrons. The molecule has 0 spiro atoms. The summed E-state index contributed by atoms with van der Waals surface area (Å²) < 4.78 is 18.7. The molecule has 3 heteroatoms. The molecule has 0 amide bonds. The van der Waals surface area contributed by atoms with Gasteiger partial charge in [-0.05, 0) is 22.4 Å². The highest BCUT2D eigenvalue weighted by molar-refractivity contribution is 6.52. The lowest BCUT2D eigenvalue weighted by molar-refractivity contribution is 0.365. The van der Waals surface area contributed by atoms with Crippen molar-refractivity contribution in [2.75, 3.05) is 13.2 Å². The topological polar surface area (TPSA) is 18.5 Å². The first kappa shape index (κ1) is 9.45. The Morgan fingerprint density at radius 1 is 1.06 bits per heavy atom. The maximum absolute atomic E-state index is 8.05. The van der Waals surface area contributed by atoms with Crippen molar-refractivity contribution in [1.29, 1.82) is 0 Å². The molecule has 0 aliphatic carbocycles. The summed E-state index contributed by atoms with van der Waals surface area (Å²) in [5, 5.41) is 2.32. The number of rotatable bonds is 2. The second-order valence-electron chi connectivity index (χ2n) is 3.98. The van der Waals surface area contributed by atoms with Crippen molar-refractivity contribution in [3.63, 3.8) is 0 Å². The molecule has 0 N–H and O–H groups in total. The predicted molar refractivity (Wildman–Crippen MR) is 70.6 cm³/mol. The number of hydrogen-bond donors (Lipinski definition) is 0. The Morgan fingerprint density at radius 2 is 1.82 bits per heavy atom. The summed E-state index contributed by atoms with van der Waals surface area (Å²) in [5.41, 5.74) is 0.882. The lowest BCUT2D eigenvalue weighted by atomic mass is 9.89. The molecule has 2 aromatic carbocycles. The van der Waals surface area contributed by atoms with Gasteiger partial charge in [0.25, 0.3) is 0 Å². The van der Waals surface area contributed by atoms with Crippen molar-refractivity contribution < 1.29 is 10.7 Å². The van der Waals surface area contributed by atoms with Gasteiger partial charge in [0.1, 0.15) is 0 Å². The third kappa shape index (κ3) is 2.41. The van der Waals surface area contributed by atoms with E-state index in [4.69, 9.17) is 10.7 Å². The minimum Gasteiger partial charge on any atom is -0.405 e. The second-order valence-corrected chi connectivity index (χ2v) is 3.98. The van der Waals surface area contributed by atoms with Gasteiger partial charge >= 0.3 is 7.12 Å². The zero-order valence-corrected chi connectivity index (χ0v) is 9.43. The summed E-state index contributed by atoms with van der Waals surface area (Å²) in [5.74, 6) is 1.71. The fourth-order valence-electron chi connectivity index (χ4n) is 1.92. The molecule has 0 atom stereocenters. The van der Waals surface area contributed by atoms with E-state index in [2.05, 4.69) is 12.1 Å². The van der Waals surface area contributed by atoms with Crippen LogP contribution in [0.4, 0.5) is 0 Å². The Kier molecular flexibility index (Phi) is 2.63. The standard InChI is InChI=1S/C14H13BO2/c1-2-4-14-11-12(5-6-13(14)3-1)7-8-15-16-9-10-17-15/h1-8,11H,9-10H2/b8-7+/i7D. The Balaban J connectivity index is 1.93. The Hall–Kier alpha value is -1.58. The van der Waals surface area contributed by atoms with Crippen LogP contribution in [0.25, 0.3) is 16.8 Å². The van der Waals surface area contributed by atoms with E-state index in [1.54, 1.807) is 5.98 Å². The van der Waals surface area contributed by atoms with Crippen LogP contribution in [-0.2, 0) is 9.31 Å². The van der Waals surface area contributed by atoms with E-state index in [0.29, 0.717) is 19.3 Å². The van der Waals surface area contributed by atoms with Crippen LogP contribution in [0.15, 0.2) is 48.4 Å². The highest BCUT2D eigenvalue weighted by Gasteiger charge is 2.19. The molecule has 17 heavy (non-hydrogen) atoms. The Bertz CT molecular complexity index is 591. The first-order valence-corrected chi connectivity index (χ1v) is 5.74. The van der Waals surface area contributed by atoms with Gasteiger partial charge in [0.05, 0.1) is 14.6 Å². The molecule has 0 saturated carbocycles. The van der Waals surface area contributed by atoms with Crippen molar-refractivity contribution in [3.05, 3.63) is 54.0 Å². The first-order valence-electron chi connectivity index (χ1n) is 6.24. The van der Waals surface area contributed by atoms with Crippen LogP contribution in [-0.4, -0.2) is 20.3 Å². The SMILES string of the molecule is [2H]/C(=C\B1OCCO1)c1ccc2ccccc2c1. The van der Waals surface area contributed by atoms with Gasteiger partial charge in [-0.25, -0.2) is 0 Å². The highest BCUT2D eigenvalue weighted by Crippen LogP contribution is 2.16. The predicted octanol–water partition coefficient (Wildman–Crippen LogP) is 2.93. The molecule has 0 aromatic heterocycles. The van der Waals surface area contributed by atoms with Crippen molar-refractivity contribution in [2.45, 2.75) is 0 Å². The van der Waals surface area contributed by atoms with Crippen LogP contribution < -0.4 is 0 Å². The van der Waals surface area contributed by atoms with Gasteiger partial charge in [-0.3, -0.25) is 0 Å². The lowest BCUT2D eigenvalue weighted by Gasteiger charge is -2.00. The lowest BCUT2D eigenvalue weighted by Crippen LogP contribution is -2.09. The van der Waals surface area contributed by atoms with Gasteiger partial charge in [0.15, 0.2) is 0 Å². The van der Waals surface area contributed by atoms with E-state index in [-0.39, 0.29) is 7.12 Å². The van der Waals surface area contributed by atoms with Gasteiger partial charge in [-0.15, -0.1) is 0 Å². The molecule has 0 unspecified atom stereocenters. The fraction of sp³-hybridized carbons (Fsp3) is 0.143. The fourth-order valence-corrected chi connectivity index (χ4v) is 1.92. The van der Waals surface area contributed by atoms with Gasteiger partial charge in [-0.1, -0.05) is 48.4 Å². The van der Waals surface area contributed by atoms with E-state index in [1.165, 1.54) is 5.39 Å². The molecule has 1 saturated heterocycles. The molecule has 2 nitrogen and oxygen atoms in total. The van der Waals surface area contributed by atoms with E-state index in [0.717, 1.165) is 10.9 Å². The molecule has 1 fully saturated rings. The van der Waals surface area contributed by atoms with Crippen molar-refractivity contribution in [2.24, 2.45) is 0 Å². The second kappa shape index (κ2) is 4.74. The normalized spacial score (nSPS) is 17.5. The molecule has 2 aromatic rings. The third-order valence-corrected chi connectivity index (χ3v) is 2.78. The summed E-state index contributed by atoms with van der Waals surface area (Å²) >= 11 is 0. The smallest absolute Gasteiger partial charge is 0.405 e. The maximum Gasteiger partial charge on any atom is 0.486 e. The maximum atomic E-state index is 8.05. The highest BCUT2D eigenvalue weighted by atomic mass is 16.6. The molecule has 0 bridgehead atoms. The quantitative estimate of drug-likeness (QED) is 0.731. The van der Waals surface area contributed by atoms with Crippen LogP contribution in [0.2, 0.25) is 0 Å². The molecular weight excluding hydrogens is 211 g/mol. The zero-order chi connectivity index (χ0) is 12.4. The van der Waals surface area contributed by atoms with E-state index < -0.39 is 0 Å². The van der Waals surface area contributed by atoms with Gasteiger partial charge in [0.2, 0.25) is 0 Å². The van der Waals surface area contributed by atoms with Gasteiger partial charge in [-0.2, -0.15) is 0 Å². The van der Waals surface area contributed by atoms with Crippen molar-refractivity contribution >= 4 is 23.9 Å². The zero-order valence-electron chi connectivity index (χ0n) is 10.4. The van der Waals surface area contributed by atoms with Crippen LogP contribution in [0.5, 0.6) is 0 Å². The number of fused-ring (bicyclic) bond motifs is 1. The van der Waals surface area contributed by atoms with Crippen LogP contribution in [0.1, 0.15) is 6.93 Å². The largest absolute Gasteiger partial charge is 0.486 e. The van der Waals surface area contributed by atoms with Crippen LogP contribution in [0.3, 0.4) is 0 Å². The average molecular weight is 225 g/mol. The van der Waals surface area contributed by atoms with Crippen LogP contribution in [0, 0.1) is 0 Å². The Morgan fingerprint density at radius 3 is 2.65 bits per heavy atom. The molecule has 1 heterocycles. The van der Waals surface area contributed by atoms with Crippen LogP contribution >= 0.6 is 0 Å². The monoisotopic (exact) mass is 225 g/mol. The summed E-state index contributed by atoms with van der Waals surface area (Å²) in [7, 11) is -0.371. The summed E-state index contributed by atoms with van der Waals surface area (Å²) in [6, 6.07) is 14.6. The summed E-state index contributed by atoms with van der Waals surface area (Å²) in [6.45, 7) is 1.21. The molecule has 1 aliphatic rings. The molecule has 1 aliphatic heterocycles. The average Bonchev–Trinajstić information content (AvgIpc) is 2.91. The molecule has 84 valence electrons. The molecule has 3 rings (SSSR count). The number of benzene rings is 2. The van der Waals surface area contributed by atoms with Crippen molar-refractivity contribution in [3.8, 4) is 0 Å². The first-order chi connectivity index (χ1) is 8.83. The van der Waals surface area contributed by atoms with Crippen molar-refractivity contribution in [1.82, 2.24) is 0 Å². The van der Waals surface area contributed by atoms with Gasteiger partial charge < -0.3 is 9.31 Å².